The zero-order valence-electron chi connectivity index (χ0n) is 10.8. The highest BCUT2D eigenvalue weighted by Gasteiger charge is 1.98. The lowest BCUT2D eigenvalue weighted by atomic mass is 10.3. The summed E-state index contributed by atoms with van der Waals surface area (Å²) in [5.74, 6) is 1.42. The van der Waals surface area contributed by atoms with Gasteiger partial charge in [0.05, 0.1) is 0 Å². The number of nitrogens with one attached hydrogen (secondary N) is 2. The zero-order chi connectivity index (χ0) is 12.4. The first-order valence-corrected chi connectivity index (χ1v) is 5.75. The van der Waals surface area contributed by atoms with Crippen molar-refractivity contribution in [2.45, 2.75) is 41.0 Å². The van der Waals surface area contributed by atoms with Gasteiger partial charge in [0.2, 0.25) is 5.95 Å². The Kier molecular flexibility index (Phi) is 7.85. The Balaban J connectivity index is 0.00000106. The molecular formula is C12H22N4. The molecule has 0 unspecified atom stereocenters. The van der Waals surface area contributed by atoms with Crippen molar-refractivity contribution in [1.82, 2.24) is 15.2 Å². The summed E-state index contributed by atoms with van der Waals surface area (Å²) in [5, 5.41) is 9.90. The summed E-state index contributed by atoms with van der Waals surface area (Å²) in [4.78, 5) is 4.16. The van der Waals surface area contributed by atoms with Crippen molar-refractivity contribution in [3.05, 3.63) is 29.7 Å². The van der Waals surface area contributed by atoms with Crippen LogP contribution in [0.1, 0.15) is 39.9 Å². The summed E-state index contributed by atoms with van der Waals surface area (Å²) in [6.07, 6.45) is 7.05. The molecule has 1 heterocycles. The monoisotopic (exact) mass is 222 g/mol. The first-order valence-electron chi connectivity index (χ1n) is 5.75. The van der Waals surface area contributed by atoms with Gasteiger partial charge < -0.3 is 5.32 Å². The fraction of sp³-hybridized carbons (Fsp3) is 0.500. The predicted octanol–water partition coefficient (Wildman–Crippen LogP) is 3.42. The highest BCUT2D eigenvalue weighted by atomic mass is 15.3. The minimum Gasteiger partial charge on any atom is -0.323 e. The van der Waals surface area contributed by atoms with E-state index >= 15 is 0 Å². The molecule has 4 nitrogen and oxygen atoms in total. The summed E-state index contributed by atoms with van der Waals surface area (Å²) >= 11 is 0. The molecule has 4 heteroatoms. The average molecular weight is 222 g/mol. The van der Waals surface area contributed by atoms with Crippen molar-refractivity contribution < 1.29 is 0 Å². The molecule has 0 saturated carbocycles. The van der Waals surface area contributed by atoms with Crippen molar-refractivity contribution in [2.75, 3.05) is 5.32 Å². The molecule has 0 amide bonds. The molecule has 1 aromatic heterocycles. The normalized spacial score (nSPS) is 11.2. The number of aromatic nitrogens is 3. The minimum absolute atomic E-state index is 0.611. The fourth-order valence-electron chi connectivity index (χ4n) is 1.09. The molecule has 0 spiro atoms. The van der Waals surface area contributed by atoms with Gasteiger partial charge in [-0.25, -0.2) is 0 Å². The van der Waals surface area contributed by atoms with Gasteiger partial charge in [-0.15, -0.1) is 5.10 Å². The van der Waals surface area contributed by atoms with Gasteiger partial charge in [0.15, 0.2) is 0 Å². The highest BCUT2D eigenvalue weighted by molar-refractivity contribution is 5.38. The van der Waals surface area contributed by atoms with Crippen LogP contribution in [0.25, 0.3) is 0 Å². The van der Waals surface area contributed by atoms with Crippen molar-refractivity contribution in [1.29, 1.82) is 0 Å². The Morgan fingerprint density at radius 3 is 2.56 bits per heavy atom. The standard InChI is InChI=1S/C10H16N4.C2H6/c1-4-6-9(7-5-2)12-10-11-8(3)13-14-10;1-2/h4,6-7H,5H2,1-3H3,(H2,11,12,13,14);1-2H3/b6-4-,9-7+;. The Labute approximate surface area is 97.9 Å². The lowest BCUT2D eigenvalue weighted by molar-refractivity contribution is 1.04. The molecule has 0 radical (unpaired) electrons. The second kappa shape index (κ2) is 8.71. The number of allylic oxidation sites excluding steroid dienone is 3. The number of anilines is 1. The molecule has 90 valence electrons. The molecule has 1 rings (SSSR count). The van der Waals surface area contributed by atoms with E-state index < -0.39 is 0 Å². The molecule has 0 bridgehead atoms. The number of nitrogens with zero attached hydrogens (tertiary/aromatic N) is 2. The van der Waals surface area contributed by atoms with Crippen molar-refractivity contribution in [3.8, 4) is 0 Å². The van der Waals surface area contributed by atoms with Gasteiger partial charge in [0.1, 0.15) is 5.82 Å². The quantitative estimate of drug-likeness (QED) is 0.767. The van der Waals surface area contributed by atoms with Crippen LogP contribution in [0, 0.1) is 6.92 Å². The van der Waals surface area contributed by atoms with Crippen LogP contribution in [-0.4, -0.2) is 15.2 Å². The maximum Gasteiger partial charge on any atom is 0.246 e. The van der Waals surface area contributed by atoms with Crippen molar-refractivity contribution in [3.63, 3.8) is 0 Å². The Morgan fingerprint density at radius 1 is 1.44 bits per heavy atom. The van der Waals surface area contributed by atoms with E-state index in [9.17, 15) is 0 Å². The van der Waals surface area contributed by atoms with Gasteiger partial charge >= 0.3 is 0 Å². The lowest BCUT2D eigenvalue weighted by Gasteiger charge is -2.01. The Bertz CT molecular complexity index is 337. The van der Waals surface area contributed by atoms with Gasteiger partial charge in [0.25, 0.3) is 0 Å². The molecule has 0 atom stereocenters. The van der Waals surface area contributed by atoms with Crippen LogP contribution >= 0.6 is 0 Å². The molecule has 0 aliphatic rings. The number of H-pyrrole nitrogens is 1. The Hall–Kier alpha value is -1.58. The molecule has 1 aromatic rings. The topological polar surface area (TPSA) is 53.6 Å². The summed E-state index contributed by atoms with van der Waals surface area (Å²) in [5.41, 5.74) is 1.02. The van der Waals surface area contributed by atoms with Gasteiger partial charge in [-0.3, -0.25) is 5.10 Å². The van der Waals surface area contributed by atoms with Gasteiger partial charge in [0, 0.05) is 5.70 Å². The van der Waals surface area contributed by atoms with Crippen molar-refractivity contribution in [2.24, 2.45) is 0 Å². The summed E-state index contributed by atoms with van der Waals surface area (Å²) in [7, 11) is 0. The third kappa shape index (κ3) is 5.34. The van der Waals surface area contributed by atoms with Crippen LogP contribution in [0.15, 0.2) is 23.9 Å². The van der Waals surface area contributed by atoms with E-state index in [0.717, 1.165) is 17.9 Å². The fourth-order valence-corrected chi connectivity index (χ4v) is 1.09. The van der Waals surface area contributed by atoms with E-state index in [1.165, 1.54) is 0 Å². The van der Waals surface area contributed by atoms with Crippen LogP contribution in [0.2, 0.25) is 0 Å². The number of hydrogen-bond acceptors (Lipinski definition) is 3. The first-order chi connectivity index (χ1) is 7.76. The Morgan fingerprint density at radius 2 is 2.12 bits per heavy atom. The first kappa shape index (κ1) is 14.4. The van der Waals surface area contributed by atoms with E-state index in [1.807, 2.05) is 39.8 Å². The smallest absolute Gasteiger partial charge is 0.246 e. The van der Waals surface area contributed by atoms with E-state index in [1.54, 1.807) is 0 Å². The van der Waals surface area contributed by atoms with E-state index in [0.29, 0.717) is 5.95 Å². The summed E-state index contributed by atoms with van der Waals surface area (Å²) in [6, 6.07) is 0. The largest absolute Gasteiger partial charge is 0.323 e. The second-order valence-corrected chi connectivity index (χ2v) is 2.94. The van der Waals surface area contributed by atoms with Gasteiger partial charge in [-0.05, 0) is 26.3 Å². The van der Waals surface area contributed by atoms with Crippen LogP contribution in [0.3, 0.4) is 0 Å². The molecule has 0 aromatic carbocycles. The third-order valence-corrected chi connectivity index (χ3v) is 1.62. The zero-order valence-corrected chi connectivity index (χ0v) is 10.8. The molecule has 16 heavy (non-hydrogen) atoms. The van der Waals surface area contributed by atoms with Crippen LogP contribution in [-0.2, 0) is 0 Å². The maximum absolute atomic E-state index is 4.16. The van der Waals surface area contributed by atoms with Crippen molar-refractivity contribution >= 4 is 5.95 Å². The second-order valence-electron chi connectivity index (χ2n) is 2.94. The number of aryl methyl sites for hydroxylation is 1. The lowest BCUT2D eigenvalue weighted by Crippen LogP contribution is -1.98. The van der Waals surface area contributed by atoms with Crippen LogP contribution in [0.5, 0.6) is 0 Å². The molecule has 0 fully saturated rings. The van der Waals surface area contributed by atoms with Gasteiger partial charge in [-0.2, -0.15) is 4.98 Å². The summed E-state index contributed by atoms with van der Waals surface area (Å²) in [6.45, 7) is 9.94. The van der Waals surface area contributed by atoms with Gasteiger partial charge in [-0.1, -0.05) is 32.9 Å². The highest BCUT2D eigenvalue weighted by Crippen LogP contribution is 2.05. The SMILES string of the molecule is C/C=C\C(=C/CC)Nc1n[nH]c(C)n1.CC. The third-order valence-electron chi connectivity index (χ3n) is 1.62. The van der Waals surface area contributed by atoms with Crippen LogP contribution < -0.4 is 5.32 Å². The average Bonchev–Trinajstić information content (AvgIpc) is 2.68. The number of aromatic amines is 1. The minimum atomic E-state index is 0.611. The number of hydrogen-bond donors (Lipinski definition) is 2. The van der Waals surface area contributed by atoms with E-state index in [4.69, 9.17) is 0 Å². The summed E-state index contributed by atoms with van der Waals surface area (Å²) < 4.78 is 0. The predicted molar refractivity (Wildman–Crippen MR) is 69.3 cm³/mol. The molecule has 0 aliphatic heterocycles. The van der Waals surface area contributed by atoms with E-state index in [2.05, 4.69) is 33.5 Å². The molecular weight excluding hydrogens is 200 g/mol. The number of rotatable bonds is 4. The van der Waals surface area contributed by atoms with E-state index in [-0.39, 0.29) is 0 Å². The maximum atomic E-state index is 4.16. The molecule has 2 N–H and O–H groups in total. The molecule has 0 aliphatic carbocycles. The molecule has 0 saturated heterocycles. The van der Waals surface area contributed by atoms with Crippen LogP contribution in [0.4, 0.5) is 5.95 Å².